The summed E-state index contributed by atoms with van der Waals surface area (Å²) >= 11 is 0. The summed E-state index contributed by atoms with van der Waals surface area (Å²) in [4.78, 5) is 12.1. The Hall–Kier alpha value is -2.49. The fraction of sp³-hybridized carbons (Fsp3) is 0.381. The molecular weight excluding hydrogens is 314 g/mol. The number of carbonyl (C=O) groups is 1. The molecule has 0 atom stereocenters. The fourth-order valence-electron chi connectivity index (χ4n) is 2.52. The Morgan fingerprint density at radius 3 is 2.52 bits per heavy atom. The Bertz CT molecular complexity index is 704. The van der Waals surface area contributed by atoms with Crippen LogP contribution in [0.2, 0.25) is 0 Å². The lowest BCUT2D eigenvalue weighted by Crippen LogP contribution is -2.29. The lowest BCUT2D eigenvalue weighted by Gasteiger charge is -2.22. The van der Waals surface area contributed by atoms with E-state index < -0.39 is 0 Å². The maximum absolute atomic E-state index is 12.1. The van der Waals surface area contributed by atoms with Crippen LogP contribution >= 0.6 is 0 Å². The van der Waals surface area contributed by atoms with E-state index in [4.69, 9.17) is 9.47 Å². The molecule has 2 rings (SSSR count). The molecule has 4 heteroatoms. The zero-order valence-corrected chi connectivity index (χ0v) is 15.5. The van der Waals surface area contributed by atoms with Crippen LogP contribution in [0.1, 0.15) is 38.8 Å². The quantitative estimate of drug-likeness (QED) is 0.825. The van der Waals surface area contributed by atoms with Gasteiger partial charge in [-0.1, -0.05) is 51.1 Å². The number of carbonyl (C=O) groups excluding carboxylic acids is 1. The van der Waals surface area contributed by atoms with Crippen LogP contribution in [0.5, 0.6) is 11.5 Å². The molecule has 0 bridgehead atoms. The largest absolute Gasteiger partial charge is 0.494 e. The molecule has 1 amide bonds. The fourth-order valence-corrected chi connectivity index (χ4v) is 2.52. The van der Waals surface area contributed by atoms with Gasteiger partial charge in [-0.15, -0.1) is 0 Å². The Morgan fingerprint density at radius 1 is 1.04 bits per heavy atom. The van der Waals surface area contributed by atoms with Gasteiger partial charge in [0, 0.05) is 6.54 Å². The van der Waals surface area contributed by atoms with E-state index in [1.807, 2.05) is 55.5 Å². The molecule has 0 aliphatic carbocycles. The van der Waals surface area contributed by atoms with E-state index in [-0.39, 0.29) is 17.9 Å². The smallest absolute Gasteiger partial charge is 0.258 e. The number of para-hydroxylation sites is 1. The van der Waals surface area contributed by atoms with Crippen molar-refractivity contribution in [2.24, 2.45) is 0 Å². The van der Waals surface area contributed by atoms with Crippen LogP contribution in [0.4, 0.5) is 0 Å². The van der Waals surface area contributed by atoms with Crippen molar-refractivity contribution in [3.63, 3.8) is 0 Å². The second kappa shape index (κ2) is 8.56. The van der Waals surface area contributed by atoms with Gasteiger partial charge in [-0.05, 0) is 41.7 Å². The van der Waals surface area contributed by atoms with Crippen LogP contribution < -0.4 is 14.8 Å². The summed E-state index contributed by atoms with van der Waals surface area (Å²) < 4.78 is 11.2. The minimum Gasteiger partial charge on any atom is -0.494 e. The summed E-state index contributed by atoms with van der Waals surface area (Å²) in [5, 5.41) is 2.88. The average Bonchev–Trinajstić information content (AvgIpc) is 2.58. The summed E-state index contributed by atoms with van der Waals surface area (Å²) in [6.45, 7) is 9.39. The topological polar surface area (TPSA) is 47.6 Å². The van der Waals surface area contributed by atoms with Gasteiger partial charge in [0.15, 0.2) is 6.61 Å². The lowest BCUT2D eigenvalue weighted by atomic mass is 9.86. The Labute approximate surface area is 150 Å². The normalized spacial score (nSPS) is 11.0. The van der Waals surface area contributed by atoms with Crippen molar-refractivity contribution in [1.29, 1.82) is 0 Å². The summed E-state index contributed by atoms with van der Waals surface area (Å²) in [5.41, 5.74) is 2.05. The average molecular weight is 341 g/mol. The van der Waals surface area contributed by atoms with Gasteiger partial charge in [0.1, 0.15) is 11.5 Å². The van der Waals surface area contributed by atoms with E-state index in [9.17, 15) is 4.79 Å². The maximum Gasteiger partial charge on any atom is 0.258 e. The minimum absolute atomic E-state index is 0.00174. The number of rotatable bonds is 7. The molecule has 0 aromatic heterocycles. The minimum atomic E-state index is -0.148. The summed E-state index contributed by atoms with van der Waals surface area (Å²) in [6.07, 6.45) is 0. The predicted octanol–water partition coefficient (Wildman–Crippen LogP) is 4.08. The zero-order chi connectivity index (χ0) is 18.3. The van der Waals surface area contributed by atoms with Gasteiger partial charge in [0.2, 0.25) is 0 Å². The highest BCUT2D eigenvalue weighted by molar-refractivity contribution is 5.77. The lowest BCUT2D eigenvalue weighted by molar-refractivity contribution is -0.123. The molecule has 0 fully saturated rings. The van der Waals surface area contributed by atoms with Crippen molar-refractivity contribution in [1.82, 2.24) is 5.32 Å². The summed E-state index contributed by atoms with van der Waals surface area (Å²) in [7, 11) is 0. The first-order valence-corrected chi connectivity index (χ1v) is 8.61. The molecular formula is C21H27NO3. The SMILES string of the molecule is CCOc1cccc(CNC(=O)COc2ccccc2C(C)(C)C)c1. The number of benzene rings is 2. The van der Waals surface area contributed by atoms with Gasteiger partial charge in [-0.3, -0.25) is 4.79 Å². The summed E-state index contributed by atoms with van der Waals surface area (Å²) in [6, 6.07) is 15.6. The van der Waals surface area contributed by atoms with E-state index in [1.165, 1.54) is 0 Å². The van der Waals surface area contributed by atoms with Crippen LogP contribution in [0.25, 0.3) is 0 Å². The molecule has 0 spiro atoms. The first kappa shape index (κ1) is 18.8. The van der Waals surface area contributed by atoms with Crippen molar-refractivity contribution in [2.45, 2.75) is 39.7 Å². The van der Waals surface area contributed by atoms with Crippen LogP contribution in [0.15, 0.2) is 48.5 Å². The molecule has 0 heterocycles. The number of hydrogen-bond donors (Lipinski definition) is 1. The number of ether oxygens (including phenoxy) is 2. The number of nitrogens with one attached hydrogen (secondary N) is 1. The third-order valence-electron chi connectivity index (χ3n) is 3.75. The van der Waals surface area contributed by atoms with Crippen molar-refractivity contribution < 1.29 is 14.3 Å². The second-order valence-electron chi connectivity index (χ2n) is 6.89. The molecule has 0 unspecified atom stereocenters. The third kappa shape index (κ3) is 5.82. The van der Waals surface area contributed by atoms with Gasteiger partial charge in [-0.25, -0.2) is 0 Å². The van der Waals surface area contributed by atoms with Gasteiger partial charge >= 0.3 is 0 Å². The van der Waals surface area contributed by atoms with Gasteiger partial charge in [0.25, 0.3) is 5.91 Å². The number of hydrogen-bond acceptors (Lipinski definition) is 3. The van der Waals surface area contributed by atoms with E-state index >= 15 is 0 Å². The van der Waals surface area contributed by atoms with E-state index in [2.05, 4.69) is 26.1 Å². The molecule has 2 aromatic carbocycles. The Morgan fingerprint density at radius 2 is 1.80 bits per heavy atom. The molecule has 0 aliphatic heterocycles. The zero-order valence-electron chi connectivity index (χ0n) is 15.5. The van der Waals surface area contributed by atoms with Crippen molar-refractivity contribution in [2.75, 3.05) is 13.2 Å². The monoisotopic (exact) mass is 341 g/mol. The molecule has 25 heavy (non-hydrogen) atoms. The van der Waals surface area contributed by atoms with Crippen molar-refractivity contribution >= 4 is 5.91 Å². The Balaban J connectivity index is 1.89. The Kier molecular flexibility index (Phi) is 6.45. The van der Waals surface area contributed by atoms with Gasteiger partial charge in [-0.2, -0.15) is 0 Å². The van der Waals surface area contributed by atoms with Crippen molar-refractivity contribution in [3.8, 4) is 11.5 Å². The molecule has 134 valence electrons. The summed E-state index contributed by atoms with van der Waals surface area (Å²) in [5.74, 6) is 1.42. The first-order chi connectivity index (χ1) is 11.9. The first-order valence-electron chi connectivity index (χ1n) is 8.61. The van der Waals surface area contributed by atoms with Gasteiger partial charge in [0.05, 0.1) is 6.61 Å². The highest BCUT2D eigenvalue weighted by Crippen LogP contribution is 2.30. The van der Waals surface area contributed by atoms with E-state index in [0.29, 0.717) is 13.2 Å². The van der Waals surface area contributed by atoms with Gasteiger partial charge < -0.3 is 14.8 Å². The third-order valence-corrected chi connectivity index (χ3v) is 3.75. The molecule has 0 aliphatic rings. The van der Waals surface area contributed by atoms with Crippen LogP contribution in [-0.2, 0) is 16.8 Å². The highest BCUT2D eigenvalue weighted by Gasteiger charge is 2.18. The number of amides is 1. The van der Waals surface area contributed by atoms with Crippen LogP contribution in [-0.4, -0.2) is 19.1 Å². The highest BCUT2D eigenvalue weighted by atomic mass is 16.5. The maximum atomic E-state index is 12.1. The van der Waals surface area contributed by atoms with Crippen LogP contribution in [0, 0.1) is 0 Å². The van der Waals surface area contributed by atoms with Crippen LogP contribution in [0.3, 0.4) is 0 Å². The molecule has 2 aromatic rings. The molecule has 0 radical (unpaired) electrons. The predicted molar refractivity (Wildman–Crippen MR) is 100 cm³/mol. The second-order valence-corrected chi connectivity index (χ2v) is 6.89. The molecule has 0 saturated heterocycles. The van der Waals surface area contributed by atoms with E-state index in [0.717, 1.165) is 22.6 Å². The molecule has 4 nitrogen and oxygen atoms in total. The van der Waals surface area contributed by atoms with Crippen molar-refractivity contribution in [3.05, 3.63) is 59.7 Å². The van der Waals surface area contributed by atoms with E-state index in [1.54, 1.807) is 0 Å². The molecule has 1 N–H and O–H groups in total. The standard InChI is InChI=1S/C21H27NO3/c1-5-24-17-10-8-9-16(13-17)14-22-20(23)15-25-19-12-7-6-11-18(19)21(2,3)4/h6-13H,5,14-15H2,1-4H3,(H,22,23). The molecule has 0 saturated carbocycles.